The van der Waals surface area contributed by atoms with Crippen molar-refractivity contribution >= 4 is 5.91 Å². The van der Waals surface area contributed by atoms with E-state index in [1.807, 2.05) is 13.0 Å². The summed E-state index contributed by atoms with van der Waals surface area (Å²) in [7, 11) is 3.15. The van der Waals surface area contributed by atoms with E-state index in [1.54, 1.807) is 33.3 Å². The molecule has 0 saturated carbocycles. The lowest BCUT2D eigenvalue weighted by Crippen LogP contribution is -2.37. The summed E-state index contributed by atoms with van der Waals surface area (Å²) in [5, 5.41) is 2.88. The largest absolute Gasteiger partial charge is 0.497 e. The van der Waals surface area contributed by atoms with Crippen LogP contribution in [0.5, 0.6) is 17.2 Å². The standard InChI is InChI=1S/C19H22FNO4/c1-12(17-11-16(23-3)9-10-18(17)24-4)21-19(22)13(2)25-15-7-5-14(20)6-8-15/h5-13H,1-4H3,(H,21,22)/t12-,13-/m0/s1. The first-order valence-electron chi connectivity index (χ1n) is 7.89. The topological polar surface area (TPSA) is 56.8 Å². The van der Waals surface area contributed by atoms with E-state index in [1.165, 1.54) is 24.3 Å². The van der Waals surface area contributed by atoms with Crippen molar-refractivity contribution in [2.75, 3.05) is 14.2 Å². The Morgan fingerprint density at radius 1 is 1.00 bits per heavy atom. The van der Waals surface area contributed by atoms with Gasteiger partial charge in [-0.05, 0) is 56.3 Å². The molecule has 5 nitrogen and oxygen atoms in total. The summed E-state index contributed by atoms with van der Waals surface area (Å²) in [6, 6.07) is 10.6. The number of halogens is 1. The van der Waals surface area contributed by atoms with Crippen LogP contribution in [-0.4, -0.2) is 26.2 Å². The van der Waals surface area contributed by atoms with Crippen molar-refractivity contribution in [3.05, 3.63) is 53.8 Å². The predicted octanol–water partition coefficient (Wildman–Crippen LogP) is 3.49. The highest BCUT2D eigenvalue weighted by Crippen LogP contribution is 2.29. The third kappa shape index (κ3) is 4.86. The van der Waals surface area contributed by atoms with Gasteiger partial charge in [0.1, 0.15) is 23.1 Å². The summed E-state index contributed by atoms with van der Waals surface area (Å²) in [4.78, 5) is 12.4. The van der Waals surface area contributed by atoms with Gasteiger partial charge in [-0.2, -0.15) is 0 Å². The first kappa shape index (κ1) is 18.6. The van der Waals surface area contributed by atoms with Gasteiger partial charge in [-0.3, -0.25) is 4.79 Å². The number of ether oxygens (including phenoxy) is 3. The number of carbonyl (C=O) groups excluding carboxylic acids is 1. The summed E-state index contributed by atoms with van der Waals surface area (Å²) in [6.45, 7) is 3.48. The molecule has 0 radical (unpaired) electrons. The molecule has 0 spiro atoms. The maximum absolute atomic E-state index is 12.9. The van der Waals surface area contributed by atoms with Gasteiger partial charge in [0.05, 0.1) is 20.3 Å². The average molecular weight is 347 g/mol. The molecule has 0 saturated heterocycles. The molecular weight excluding hydrogens is 325 g/mol. The van der Waals surface area contributed by atoms with Crippen molar-refractivity contribution in [1.29, 1.82) is 0 Å². The van der Waals surface area contributed by atoms with Crippen LogP contribution in [0.25, 0.3) is 0 Å². The number of amides is 1. The molecule has 1 amide bonds. The molecule has 2 rings (SSSR count). The average Bonchev–Trinajstić information content (AvgIpc) is 2.62. The molecule has 0 bridgehead atoms. The third-order valence-electron chi connectivity index (χ3n) is 3.76. The normalized spacial score (nSPS) is 12.8. The van der Waals surface area contributed by atoms with Gasteiger partial charge in [-0.1, -0.05) is 0 Å². The summed E-state index contributed by atoms with van der Waals surface area (Å²) >= 11 is 0. The van der Waals surface area contributed by atoms with E-state index in [0.717, 1.165) is 5.56 Å². The van der Waals surface area contributed by atoms with E-state index in [9.17, 15) is 9.18 Å². The fourth-order valence-electron chi connectivity index (χ4n) is 2.36. The Labute approximate surface area is 146 Å². The van der Waals surface area contributed by atoms with E-state index < -0.39 is 6.10 Å². The van der Waals surface area contributed by atoms with Gasteiger partial charge in [0.25, 0.3) is 5.91 Å². The van der Waals surface area contributed by atoms with Crippen molar-refractivity contribution in [2.45, 2.75) is 26.0 Å². The van der Waals surface area contributed by atoms with Crippen molar-refractivity contribution in [2.24, 2.45) is 0 Å². The Bertz CT molecular complexity index is 718. The Kier molecular flexibility index (Phi) is 6.22. The van der Waals surface area contributed by atoms with Gasteiger partial charge in [0.2, 0.25) is 0 Å². The van der Waals surface area contributed by atoms with Gasteiger partial charge in [0, 0.05) is 5.56 Å². The molecule has 0 aromatic heterocycles. The highest BCUT2D eigenvalue weighted by atomic mass is 19.1. The van der Waals surface area contributed by atoms with Gasteiger partial charge < -0.3 is 19.5 Å². The quantitative estimate of drug-likeness (QED) is 0.833. The SMILES string of the molecule is COc1ccc(OC)c([C@H](C)NC(=O)[C@H](C)Oc2ccc(F)cc2)c1. The Hall–Kier alpha value is -2.76. The maximum atomic E-state index is 12.9. The van der Waals surface area contributed by atoms with E-state index in [0.29, 0.717) is 17.2 Å². The maximum Gasteiger partial charge on any atom is 0.261 e. The monoisotopic (exact) mass is 347 g/mol. The second-order valence-electron chi connectivity index (χ2n) is 5.55. The second kappa shape index (κ2) is 8.37. The molecular formula is C19H22FNO4. The van der Waals surface area contributed by atoms with Crippen LogP contribution >= 0.6 is 0 Å². The smallest absolute Gasteiger partial charge is 0.261 e. The van der Waals surface area contributed by atoms with Crippen LogP contribution in [0.4, 0.5) is 4.39 Å². The van der Waals surface area contributed by atoms with E-state index in [-0.39, 0.29) is 17.8 Å². The lowest BCUT2D eigenvalue weighted by molar-refractivity contribution is -0.127. The van der Waals surface area contributed by atoms with Crippen LogP contribution in [0.1, 0.15) is 25.5 Å². The molecule has 2 aromatic carbocycles. The van der Waals surface area contributed by atoms with Crippen molar-refractivity contribution in [1.82, 2.24) is 5.32 Å². The van der Waals surface area contributed by atoms with Crippen molar-refractivity contribution in [3.8, 4) is 17.2 Å². The lowest BCUT2D eigenvalue weighted by Gasteiger charge is -2.21. The first-order chi connectivity index (χ1) is 11.9. The number of hydrogen-bond acceptors (Lipinski definition) is 4. The molecule has 0 aliphatic rings. The number of hydrogen-bond donors (Lipinski definition) is 1. The third-order valence-corrected chi connectivity index (χ3v) is 3.76. The van der Waals surface area contributed by atoms with Crippen LogP contribution in [-0.2, 0) is 4.79 Å². The lowest BCUT2D eigenvalue weighted by atomic mass is 10.1. The molecule has 0 aliphatic heterocycles. The highest BCUT2D eigenvalue weighted by molar-refractivity contribution is 5.81. The summed E-state index contributed by atoms with van der Waals surface area (Å²) in [5.41, 5.74) is 0.796. The van der Waals surface area contributed by atoms with Gasteiger partial charge in [-0.25, -0.2) is 4.39 Å². The number of nitrogens with one attached hydrogen (secondary N) is 1. The Morgan fingerprint density at radius 3 is 2.24 bits per heavy atom. The second-order valence-corrected chi connectivity index (χ2v) is 5.55. The van der Waals surface area contributed by atoms with E-state index >= 15 is 0 Å². The Morgan fingerprint density at radius 2 is 1.64 bits per heavy atom. The number of rotatable bonds is 7. The minimum atomic E-state index is -0.732. The van der Waals surface area contributed by atoms with Gasteiger partial charge >= 0.3 is 0 Å². The van der Waals surface area contributed by atoms with Crippen molar-refractivity contribution in [3.63, 3.8) is 0 Å². The summed E-state index contributed by atoms with van der Waals surface area (Å²) in [6.07, 6.45) is -0.732. The van der Waals surface area contributed by atoms with E-state index in [4.69, 9.17) is 14.2 Å². The summed E-state index contributed by atoms with van der Waals surface area (Å²) in [5.74, 6) is 1.11. The number of benzene rings is 2. The van der Waals surface area contributed by atoms with Crippen LogP contribution in [0, 0.1) is 5.82 Å². The highest BCUT2D eigenvalue weighted by Gasteiger charge is 2.20. The molecule has 2 atom stereocenters. The molecule has 134 valence electrons. The van der Waals surface area contributed by atoms with Crippen LogP contribution in [0.15, 0.2) is 42.5 Å². The molecule has 1 N–H and O–H groups in total. The number of methoxy groups -OCH3 is 2. The fraction of sp³-hybridized carbons (Fsp3) is 0.316. The number of carbonyl (C=O) groups is 1. The molecule has 6 heteroatoms. The fourth-order valence-corrected chi connectivity index (χ4v) is 2.36. The van der Waals surface area contributed by atoms with Gasteiger partial charge in [0.15, 0.2) is 6.10 Å². The minimum absolute atomic E-state index is 0.290. The zero-order valence-electron chi connectivity index (χ0n) is 14.7. The van der Waals surface area contributed by atoms with Gasteiger partial charge in [-0.15, -0.1) is 0 Å². The molecule has 0 fully saturated rings. The molecule has 0 heterocycles. The van der Waals surface area contributed by atoms with Crippen LogP contribution in [0.2, 0.25) is 0 Å². The zero-order chi connectivity index (χ0) is 18.4. The predicted molar refractivity (Wildman–Crippen MR) is 92.6 cm³/mol. The molecule has 25 heavy (non-hydrogen) atoms. The van der Waals surface area contributed by atoms with E-state index in [2.05, 4.69) is 5.32 Å². The minimum Gasteiger partial charge on any atom is -0.497 e. The molecule has 0 unspecified atom stereocenters. The summed E-state index contributed by atoms with van der Waals surface area (Å²) < 4.78 is 29.0. The van der Waals surface area contributed by atoms with Crippen LogP contribution in [0.3, 0.4) is 0 Å². The molecule has 2 aromatic rings. The molecule has 0 aliphatic carbocycles. The Balaban J connectivity index is 2.05. The van der Waals surface area contributed by atoms with Crippen molar-refractivity contribution < 1.29 is 23.4 Å². The first-order valence-corrected chi connectivity index (χ1v) is 7.89. The zero-order valence-corrected chi connectivity index (χ0v) is 14.7. The van der Waals surface area contributed by atoms with Crippen LogP contribution < -0.4 is 19.5 Å².